The largest absolute Gasteiger partial charge is 0.491 e. The lowest BCUT2D eigenvalue weighted by atomic mass is 9.93. The smallest absolute Gasteiger partial charge is 0.419 e. The number of nitrogens with two attached hydrogens (primary N) is 1. The average Bonchev–Trinajstić information content (AvgIpc) is 3.02. The highest BCUT2D eigenvalue weighted by atomic mass is 19.4. The van der Waals surface area contributed by atoms with E-state index in [9.17, 15) is 13.2 Å². The van der Waals surface area contributed by atoms with Gasteiger partial charge in [0.25, 0.3) is 0 Å². The second-order valence-corrected chi connectivity index (χ2v) is 7.70. The van der Waals surface area contributed by atoms with Crippen molar-refractivity contribution in [3.63, 3.8) is 0 Å². The molecule has 2 heterocycles. The van der Waals surface area contributed by atoms with E-state index in [0.29, 0.717) is 29.1 Å². The highest BCUT2D eigenvalue weighted by molar-refractivity contribution is 5.77. The quantitative estimate of drug-likeness (QED) is 0.668. The van der Waals surface area contributed by atoms with Gasteiger partial charge in [-0.3, -0.25) is 0 Å². The van der Waals surface area contributed by atoms with Crippen LogP contribution in [0.3, 0.4) is 0 Å². The van der Waals surface area contributed by atoms with Gasteiger partial charge in [0, 0.05) is 23.5 Å². The summed E-state index contributed by atoms with van der Waals surface area (Å²) in [4.78, 5) is 4.20. The van der Waals surface area contributed by atoms with E-state index in [1.54, 1.807) is 31.5 Å². The molecule has 28 heavy (non-hydrogen) atoms. The number of hydrogen-bond acceptors (Lipinski definition) is 4. The Morgan fingerprint density at radius 2 is 2.00 bits per heavy atom. The number of aromatic nitrogens is 3. The monoisotopic (exact) mass is 392 g/mol. The molecule has 2 aromatic heterocycles. The Balaban J connectivity index is 1.95. The molecule has 150 valence electrons. The number of alkyl halides is 3. The molecular formula is C20H23F3N4O. The van der Waals surface area contributed by atoms with Crippen LogP contribution in [0.2, 0.25) is 0 Å². The van der Waals surface area contributed by atoms with E-state index in [-0.39, 0.29) is 12.4 Å². The minimum atomic E-state index is -4.56. The molecule has 0 saturated heterocycles. The number of benzene rings is 1. The van der Waals surface area contributed by atoms with Crippen molar-refractivity contribution in [1.29, 1.82) is 0 Å². The molecule has 1 aromatic carbocycles. The van der Waals surface area contributed by atoms with Crippen LogP contribution < -0.4 is 10.5 Å². The van der Waals surface area contributed by atoms with E-state index in [4.69, 9.17) is 10.5 Å². The highest BCUT2D eigenvalue weighted by Gasteiger charge is 2.35. The van der Waals surface area contributed by atoms with Crippen molar-refractivity contribution in [1.82, 2.24) is 14.6 Å². The zero-order valence-corrected chi connectivity index (χ0v) is 16.0. The number of hydrogen-bond donors (Lipinski definition) is 1. The molecule has 0 radical (unpaired) electrons. The Labute approximate surface area is 161 Å². The highest BCUT2D eigenvalue weighted by Crippen LogP contribution is 2.39. The lowest BCUT2D eigenvalue weighted by molar-refractivity contribution is -0.139. The van der Waals surface area contributed by atoms with E-state index in [1.165, 1.54) is 16.8 Å². The lowest BCUT2D eigenvalue weighted by Gasteiger charge is -2.27. The van der Waals surface area contributed by atoms with Gasteiger partial charge in [-0.1, -0.05) is 19.9 Å². The SMILES string of the molecule is CC(C)C[C@](C)(N)COc1ccc(-c2cnn3cccnc23)cc1C(F)(F)F. The summed E-state index contributed by atoms with van der Waals surface area (Å²) in [5, 5.41) is 4.13. The standard InChI is InChI=1S/C20H23F3N4O/c1-13(2)10-19(3,24)12-28-17-6-5-14(9-16(17)20(21,22)23)15-11-26-27-8-4-7-25-18(15)27/h4-9,11,13H,10,12,24H2,1-3H3/t19-/m0/s1. The minimum absolute atomic E-state index is 0.00806. The van der Waals surface area contributed by atoms with Crippen molar-refractivity contribution in [2.45, 2.75) is 38.9 Å². The molecule has 8 heteroatoms. The van der Waals surface area contributed by atoms with Crippen molar-refractivity contribution in [3.05, 3.63) is 48.4 Å². The third kappa shape index (κ3) is 4.44. The van der Waals surface area contributed by atoms with Crippen molar-refractivity contribution in [2.75, 3.05) is 6.61 Å². The maximum Gasteiger partial charge on any atom is 0.419 e. The van der Waals surface area contributed by atoms with E-state index in [1.807, 2.05) is 13.8 Å². The molecule has 0 unspecified atom stereocenters. The van der Waals surface area contributed by atoms with Gasteiger partial charge in [-0.05, 0) is 43.0 Å². The van der Waals surface area contributed by atoms with E-state index in [0.717, 1.165) is 6.07 Å². The third-order valence-electron chi connectivity index (χ3n) is 4.31. The summed E-state index contributed by atoms with van der Waals surface area (Å²) >= 11 is 0. The Morgan fingerprint density at radius 3 is 2.68 bits per heavy atom. The molecule has 0 aliphatic carbocycles. The normalized spacial score (nSPS) is 14.4. The van der Waals surface area contributed by atoms with Gasteiger partial charge in [-0.15, -0.1) is 0 Å². The van der Waals surface area contributed by atoms with Crippen LogP contribution in [0.1, 0.15) is 32.8 Å². The first-order valence-corrected chi connectivity index (χ1v) is 8.98. The summed E-state index contributed by atoms with van der Waals surface area (Å²) in [7, 11) is 0. The summed E-state index contributed by atoms with van der Waals surface area (Å²) in [6, 6.07) is 5.67. The van der Waals surface area contributed by atoms with Crippen molar-refractivity contribution < 1.29 is 17.9 Å². The van der Waals surface area contributed by atoms with Crippen LogP contribution in [0.5, 0.6) is 5.75 Å². The first-order valence-electron chi connectivity index (χ1n) is 8.98. The van der Waals surface area contributed by atoms with Crippen LogP contribution in [-0.2, 0) is 6.18 Å². The molecule has 1 atom stereocenters. The fourth-order valence-electron chi connectivity index (χ4n) is 3.31. The first-order chi connectivity index (χ1) is 13.1. The average molecular weight is 392 g/mol. The Hall–Kier alpha value is -2.61. The van der Waals surface area contributed by atoms with Crippen LogP contribution in [0.4, 0.5) is 13.2 Å². The predicted molar refractivity (Wildman–Crippen MR) is 101 cm³/mol. The molecule has 0 amide bonds. The Bertz CT molecular complexity index is 963. The van der Waals surface area contributed by atoms with Crippen LogP contribution in [0.25, 0.3) is 16.8 Å². The van der Waals surface area contributed by atoms with Gasteiger partial charge in [0.05, 0.1) is 11.8 Å². The van der Waals surface area contributed by atoms with Crippen molar-refractivity contribution in [3.8, 4) is 16.9 Å². The lowest BCUT2D eigenvalue weighted by Crippen LogP contribution is -2.43. The number of halogens is 3. The molecule has 3 aromatic rings. The molecule has 0 spiro atoms. The number of nitrogens with zero attached hydrogens (tertiary/aromatic N) is 3. The molecule has 0 saturated carbocycles. The van der Waals surface area contributed by atoms with Crippen molar-refractivity contribution >= 4 is 5.65 Å². The Kier molecular flexibility index (Phi) is 5.34. The molecule has 5 nitrogen and oxygen atoms in total. The van der Waals surface area contributed by atoms with Gasteiger partial charge in [-0.2, -0.15) is 18.3 Å². The van der Waals surface area contributed by atoms with Gasteiger partial charge in [-0.25, -0.2) is 9.50 Å². The van der Waals surface area contributed by atoms with Gasteiger partial charge in [0.15, 0.2) is 5.65 Å². The number of fused-ring (bicyclic) bond motifs is 1. The zero-order valence-electron chi connectivity index (χ0n) is 16.0. The number of ether oxygens (including phenoxy) is 1. The second kappa shape index (κ2) is 7.43. The van der Waals surface area contributed by atoms with Crippen LogP contribution >= 0.6 is 0 Å². The number of rotatable bonds is 6. The van der Waals surface area contributed by atoms with Gasteiger partial charge in [0.1, 0.15) is 12.4 Å². The molecular weight excluding hydrogens is 369 g/mol. The summed E-state index contributed by atoms with van der Waals surface area (Å²) in [6.45, 7) is 5.78. The fraction of sp³-hybridized carbons (Fsp3) is 0.400. The maximum atomic E-state index is 13.7. The van der Waals surface area contributed by atoms with E-state index in [2.05, 4.69) is 10.1 Å². The van der Waals surface area contributed by atoms with Crippen LogP contribution in [-0.4, -0.2) is 26.7 Å². The van der Waals surface area contributed by atoms with Crippen LogP contribution in [0, 0.1) is 5.92 Å². The molecule has 0 aliphatic heterocycles. The third-order valence-corrected chi connectivity index (χ3v) is 4.31. The topological polar surface area (TPSA) is 65.4 Å². The minimum Gasteiger partial charge on any atom is -0.491 e. The van der Waals surface area contributed by atoms with E-state index >= 15 is 0 Å². The van der Waals surface area contributed by atoms with Gasteiger partial charge >= 0.3 is 6.18 Å². The Morgan fingerprint density at radius 1 is 1.25 bits per heavy atom. The summed E-state index contributed by atoms with van der Waals surface area (Å²) < 4.78 is 48.0. The van der Waals surface area contributed by atoms with Gasteiger partial charge < -0.3 is 10.5 Å². The van der Waals surface area contributed by atoms with Gasteiger partial charge in [0.2, 0.25) is 0 Å². The summed E-state index contributed by atoms with van der Waals surface area (Å²) in [6.07, 6.45) is 0.827. The molecule has 0 aliphatic rings. The predicted octanol–water partition coefficient (Wildman–Crippen LogP) is 4.56. The molecule has 2 N–H and O–H groups in total. The fourth-order valence-corrected chi connectivity index (χ4v) is 3.31. The molecule has 0 fully saturated rings. The summed E-state index contributed by atoms with van der Waals surface area (Å²) in [5.41, 5.74) is 5.97. The maximum absolute atomic E-state index is 13.7. The van der Waals surface area contributed by atoms with E-state index < -0.39 is 17.3 Å². The second-order valence-electron chi connectivity index (χ2n) is 7.70. The van der Waals surface area contributed by atoms with Crippen LogP contribution in [0.15, 0.2) is 42.9 Å². The molecule has 3 rings (SSSR count). The zero-order chi connectivity index (χ0) is 20.5. The summed E-state index contributed by atoms with van der Waals surface area (Å²) in [5.74, 6) is 0.0762. The van der Waals surface area contributed by atoms with Crippen molar-refractivity contribution in [2.24, 2.45) is 11.7 Å². The first kappa shape index (κ1) is 20.1. The molecule has 0 bridgehead atoms.